The summed E-state index contributed by atoms with van der Waals surface area (Å²) in [4.78, 5) is 34.7. The van der Waals surface area contributed by atoms with Crippen LogP contribution in [0.5, 0.6) is 0 Å². The topological polar surface area (TPSA) is 59.6 Å². The third kappa shape index (κ3) is 4.87. The molecule has 32 heavy (non-hydrogen) atoms. The normalized spacial score (nSPS) is 15.3. The number of nitrogens with one attached hydrogen (secondary N) is 1. The van der Waals surface area contributed by atoms with Crippen molar-refractivity contribution >= 4 is 49.3 Å². The molecule has 172 valence electrons. The third-order valence-corrected chi connectivity index (χ3v) is 8.71. The lowest BCUT2D eigenvalue weighted by Crippen LogP contribution is -3.11. The average molecular weight is 474 g/mol. The van der Waals surface area contributed by atoms with Gasteiger partial charge in [0, 0.05) is 23.2 Å². The second-order valence-electron chi connectivity index (χ2n) is 8.69. The highest BCUT2D eigenvalue weighted by Gasteiger charge is 2.22. The van der Waals surface area contributed by atoms with Gasteiger partial charge in [-0.1, -0.05) is 36.9 Å². The number of thioether (sulfide) groups is 1. The number of carbonyl (C=O) groups is 1. The first-order valence-electron chi connectivity index (χ1n) is 11.7. The van der Waals surface area contributed by atoms with E-state index in [0.717, 1.165) is 61.2 Å². The maximum absolute atomic E-state index is 13.5. The van der Waals surface area contributed by atoms with Gasteiger partial charge in [-0.05, 0) is 38.7 Å². The molecule has 0 radical (unpaired) electrons. The number of aromatic nitrogens is 2. The van der Waals surface area contributed by atoms with E-state index in [1.54, 1.807) is 4.57 Å². The minimum atomic E-state index is 0.0181. The van der Waals surface area contributed by atoms with Crippen LogP contribution >= 0.6 is 23.1 Å². The summed E-state index contributed by atoms with van der Waals surface area (Å²) in [6.07, 6.45) is 2.14. The number of quaternary nitrogens is 1. The first-order chi connectivity index (χ1) is 15.5. The van der Waals surface area contributed by atoms with E-state index in [-0.39, 0.29) is 11.5 Å². The van der Waals surface area contributed by atoms with Crippen molar-refractivity contribution in [1.29, 1.82) is 0 Å². The Bertz CT molecular complexity index is 1140. The fourth-order valence-electron chi connectivity index (χ4n) is 4.31. The molecule has 1 fully saturated rings. The standard InChI is InChI=1S/C24H32N4O2S2/c1-4-26(5-2)14-15-28-23(30)22-21(18-8-6-7-9-19(18)32-22)25-24(28)31-16-20(29)27-12-10-17(3)11-13-27/h6-9,17H,4-5,10-16H2,1-3H3/p+1. The summed E-state index contributed by atoms with van der Waals surface area (Å²) in [5, 5.41) is 1.68. The lowest BCUT2D eigenvalue weighted by atomic mass is 9.99. The van der Waals surface area contributed by atoms with Gasteiger partial charge in [-0.25, -0.2) is 4.98 Å². The Kier molecular flexibility index (Phi) is 7.53. The molecule has 0 saturated carbocycles. The van der Waals surface area contributed by atoms with Gasteiger partial charge in [-0.3, -0.25) is 14.2 Å². The van der Waals surface area contributed by atoms with Crippen molar-refractivity contribution in [2.75, 3.05) is 38.5 Å². The molecule has 1 saturated heterocycles. The lowest BCUT2D eigenvalue weighted by molar-refractivity contribution is -0.897. The van der Waals surface area contributed by atoms with E-state index in [4.69, 9.17) is 4.98 Å². The second-order valence-corrected chi connectivity index (χ2v) is 10.7. The van der Waals surface area contributed by atoms with E-state index in [2.05, 4.69) is 20.8 Å². The van der Waals surface area contributed by atoms with E-state index in [0.29, 0.717) is 28.1 Å². The number of rotatable bonds is 8. The van der Waals surface area contributed by atoms with Gasteiger partial charge in [-0.15, -0.1) is 11.3 Å². The zero-order valence-electron chi connectivity index (χ0n) is 19.2. The Balaban J connectivity index is 1.64. The SMILES string of the molecule is CC[NH+](CC)CCn1c(SCC(=O)N2CCC(C)CC2)nc2c(sc3ccccc32)c1=O. The Morgan fingerprint density at radius 2 is 1.94 bits per heavy atom. The van der Waals surface area contributed by atoms with Crippen molar-refractivity contribution in [1.82, 2.24) is 14.5 Å². The molecule has 6 nitrogen and oxygen atoms in total. The molecule has 3 aromatic rings. The molecular weight excluding hydrogens is 440 g/mol. The van der Waals surface area contributed by atoms with Gasteiger partial charge >= 0.3 is 0 Å². The molecule has 0 bridgehead atoms. The van der Waals surface area contributed by atoms with Crippen LogP contribution in [-0.4, -0.2) is 58.8 Å². The van der Waals surface area contributed by atoms with Gasteiger partial charge in [0.2, 0.25) is 5.91 Å². The van der Waals surface area contributed by atoms with Gasteiger partial charge in [0.15, 0.2) is 5.16 Å². The number of benzene rings is 1. The second kappa shape index (κ2) is 10.4. The van der Waals surface area contributed by atoms with E-state index in [1.165, 1.54) is 28.0 Å². The van der Waals surface area contributed by atoms with Crippen LogP contribution in [0.25, 0.3) is 20.3 Å². The van der Waals surface area contributed by atoms with Crippen LogP contribution in [0.15, 0.2) is 34.2 Å². The van der Waals surface area contributed by atoms with Crippen LogP contribution in [0.4, 0.5) is 0 Å². The van der Waals surface area contributed by atoms with Crippen LogP contribution in [0.1, 0.15) is 33.6 Å². The van der Waals surface area contributed by atoms with Gasteiger partial charge < -0.3 is 9.80 Å². The zero-order valence-corrected chi connectivity index (χ0v) is 20.9. The zero-order chi connectivity index (χ0) is 22.7. The highest BCUT2D eigenvalue weighted by Crippen LogP contribution is 2.31. The average Bonchev–Trinajstić information content (AvgIpc) is 3.19. The van der Waals surface area contributed by atoms with Crippen LogP contribution < -0.4 is 10.5 Å². The predicted molar refractivity (Wildman–Crippen MR) is 134 cm³/mol. The monoisotopic (exact) mass is 473 g/mol. The number of amides is 1. The molecule has 8 heteroatoms. The van der Waals surface area contributed by atoms with Crippen LogP contribution in [-0.2, 0) is 11.3 Å². The molecule has 1 amide bonds. The van der Waals surface area contributed by atoms with E-state index < -0.39 is 0 Å². The van der Waals surface area contributed by atoms with E-state index in [9.17, 15) is 9.59 Å². The summed E-state index contributed by atoms with van der Waals surface area (Å²) in [5.41, 5.74) is 0.785. The largest absolute Gasteiger partial charge is 0.342 e. The first-order valence-corrected chi connectivity index (χ1v) is 13.5. The number of piperidine rings is 1. The predicted octanol–water partition coefficient (Wildman–Crippen LogP) is 2.89. The number of likely N-dealkylation sites (tertiary alicyclic amines) is 1. The summed E-state index contributed by atoms with van der Waals surface area (Å²) < 4.78 is 3.59. The summed E-state index contributed by atoms with van der Waals surface area (Å²) >= 11 is 2.93. The molecule has 0 spiro atoms. The fraction of sp³-hybridized carbons (Fsp3) is 0.542. The highest BCUT2D eigenvalue weighted by atomic mass is 32.2. The Labute approximate surface area is 197 Å². The van der Waals surface area contributed by atoms with Crippen molar-refractivity contribution in [2.45, 2.75) is 45.3 Å². The molecule has 4 rings (SSSR count). The minimum Gasteiger partial charge on any atom is -0.342 e. The quantitative estimate of drug-likeness (QED) is 0.404. The van der Waals surface area contributed by atoms with Crippen LogP contribution in [0.2, 0.25) is 0 Å². The molecule has 1 aliphatic heterocycles. The molecular formula is C24H33N4O2S2+. The number of fused-ring (bicyclic) bond motifs is 3. The number of nitrogens with zero attached hydrogens (tertiary/aromatic N) is 3. The summed E-state index contributed by atoms with van der Waals surface area (Å²) in [5.74, 6) is 1.16. The number of hydrogen-bond donors (Lipinski definition) is 1. The maximum atomic E-state index is 13.5. The molecule has 3 heterocycles. The van der Waals surface area contributed by atoms with Crippen molar-refractivity contribution in [3.05, 3.63) is 34.6 Å². The molecule has 0 unspecified atom stereocenters. The van der Waals surface area contributed by atoms with Crippen molar-refractivity contribution in [3.63, 3.8) is 0 Å². The van der Waals surface area contributed by atoms with E-state index in [1.807, 2.05) is 29.2 Å². The first kappa shape index (κ1) is 23.3. The van der Waals surface area contributed by atoms with Gasteiger partial charge in [-0.2, -0.15) is 0 Å². The minimum absolute atomic E-state index is 0.0181. The van der Waals surface area contributed by atoms with Crippen molar-refractivity contribution in [3.8, 4) is 0 Å². The molecule has 0 atom stereocenters. The molecule has 1 N–H and O–H groups in total. The smallest absolute Gasteiger partial charge is 0.272 e. The molecule has 1 aliphatic rings. The number of carbonyl (C=O) groups excluding carboxylic acids is 1. The number of likely N-dealkylation sites (N-methyl/N-ethyl adjacent to an activating group) is 1. The fourth-order valence-corrected chi connectivity index (χ4v) is 6.32. The van der Waals surface area contributed by atoms with Crippen LogP contribution in [0.3, 0.4) is 0 Å². The molecule has 0 aliphatic carbocycles. The lowest BCUT2D eigenvalue weighted by Gasteiger charge is -2.30. The summed E-state index contributed by atoms with van der Waals surface area (Å²) in [6.45, 7) is 11.8. The Hall–Kier alpha value is -1.90. The molecule has 2 aromatic heterocycles. The van der Waals surface area contributed by atoms with Crippen molar-refractivity contribution < 1.29 is 9.69 Å². The van der Waals surface area contributed by atoms with E-state index >= 15 is 0 Å². The highest BCUT2D eigenvalue weighted by molar-refractivity contribution is 7.99. The van der Waals surface area contributed by atoms with Gasteiger partial charge in [0.1, 0.15) is 4.70 Å². The molecule has 1 aromatic carbocycles. The number of hydrogen-bond acceptors (Lipinski definition) is 5. The Morgan fingerprint density at radius 3 is 2.66 bits per heavy atom. The summed E-state index contributed by atoms with van der Waals surface area (Å²) in [6, 6.07) is 8.05. The van der Waals surface area contributed by atoms with Crippen molar-refractivity contribution in [2.24, 2.45) is 5.92 Å². The van der Waals surface area contributed by atoms with Crippen LogP contribution in [0, 0.1) is 5.92 Å². The van der Waals surface area contributed by atoms with Gasteiger partial charge in [0.05, 0.1) is 37.4 Å². The number of thiophene rings is 1. The van der Waals surface area contributed by atoms with Gasteiger partial charge in [0.25, 0.3) is 5.56 Å². The Morgan fingerprint density at radius 1 is 1.22 bits per heavy atom. The third-order valence-electron chi connectivity index (χ3n) is 6.60. The summed E-state index contributed by atoms with van der Waals surface area (Å²) in [7, 11) is 0. The maximum Gasteiger partial charge on any atom is 0.272 e.